The fraction of sp³-hybridized carbons (Fsp3) is 0.366. The normalized spacial score (nSPS) is 10.5. The number of benzene rings is 2. The van der Waals surface area contributed by atoms with Crippen molar-refractivity contribution in [3.05, 3.63) is 94.7 Å². The zero-order chi connectivity index (χ0) is 43.5. The van der Waals surface area contributed by atoms with Crippen molar-refractivity contribution in [3.63, 3.8) is 0 Å². The van der Waals surface area contributed by atoms with Crippen LogP contribution in [-0.2, 0) is 22.7 Å². The van der Waals surface area contributed by atoms with Gasteiger partial charge in [-0.2, -0.15) is 0 Å². The van der Waals surface area contributed by atoms with E-state index in [-0.39, 0.29) is 53.5 Å². The number of hydrogen-bond acceptors (Lipinski definition) is 10. The van der Waals surface area contributed by atoms with E-state index in [2.05, 4.69) is 85.8 Å². The molecule has 0 saturated carbocycles. The van der Waals surface area contributed by atoms with Gasteiger partial charge in [0.1, 0.15) is 11.4 Å². The molecule has 0 aliphatic heterocycles. The van der Waals surface area contributed by atoms with Crippen molar-refractivity contribution in [2.45, 2.75) is 73.4 Å². The van der Waals surface area contributed by atoms with Gasteiger partial charge >= 0.3 is 11.9 Å². The number of hydrogen-bond donors (Lipinski definition) is 2. The number of nitrogens with zero attached hydrogens (tertiary/aromatic N) is 14. The van der Waals surface area contributed by atoms with Crippen molar-refractivity contribution in [2.75, 3.05) is 47.6 Å². The molecule has 2 N–H and O–H groups in total. The standard InChI is InChI=1S/C22H26N8O.C19H22N8O/c1-7-12-29(13-8-2)17-10-11-18(19(15-17)25-16(4)31)27-28-22-26-20(23-5)21(24-6)30(22)14-9-3;1-7-8-11-27-18(21-4)17(20-3)23-19(27)25-24-15-10-9-14(26(5)6)12-16(15)22-13(2)28/h9-11,15H,3,7-8,12-14H2,1-2,4H3,(H,25,31);9-10,12H,7-8,11H2,1-2,5-6H3,(H,22,28). The van der Waals surface area contributed by atoms with Crippen molar-refractivity contribution in [1.29, 1.82) is 0 Å². The largest absolute Gasteiger partial charge is 0.417 e. The Hall–Kier alpha value is -7.70. The lowest BCUT2D eigenvalue weighted by Crippen LogP contribution is -2.24. The molecular formula is C41H48N16O2. The smallest absolute Gasteiger partial charge is 0.378 e. The Morgan fingerprint density at radius 2 is 1.20 bits per heavy atom. The highest BCUT2D eigenvalue weighted by Crippen LogP contribution is 2.37. The van der Waals surface area contributed by atoms with Gasteiger partial charge in [-0.05, 0) is 55.7 Å². The number of nitrogens with one attached hydrogen (secondary N) is 2. The van der Waals surface area contributed by atoms with E-state index in [1.165, 1.54) is 18.4 Å². The summed E-state index contributed by atoms with van der Waals surface area (Å²) >= 11 is 0. The Kier molecular flexibility index (Phi) is 17.6. The average molecular weight is 797 g/mol. The maximum Gasteiger partial charge on any atom is 0.417 e. The molecule has 2 amide bonds. The zero-order valence-electron chi connectivity index (χ0n) is 34.5. The first kappa shape index (κ1) is 45.7. The molecule has 59 heavy (non-hydrogen) atoms. The highest BCUT2D eigenvalue weighted by molar-refractivity contribution is 5.93. The van der Waals surface area contributed by atoms with Crippen LogP contribution in [0.4, 0.5) is 69.3 Å². The Morgan fingerprint density at radius 3 is 1.63 bits per heavy atom. The molecule has 0 atom stereocenters. The van der Waals surface area contributed by atoms with Gasteiger partial charge in [-0.3, -0.25) is 9.59 Å². The van der Waals surface area contributed by atoms with E-state index in [0.29, 0.717) is 29.3 Å². The summed E-state index contributed by atoms with van der Waals surface area (Å²) in [5.74, 6) is 0.151. The van der Waals surface area contributed by atoms with Gasteiger partial charge in [0.2, 0.25) is 11.8 Å². The van der Waals surface area contributed by atoms with Crippen LogP contribution in [0, 0.1) is 26.3 Å². The molecule has 0 unspecified atom stereocenters. The molecule has 0 spiro atoms. The summed E-state index contributed by atoms with van der Waals surface area (Å²) in [5, 5.41) is 22.4. The molecule has 2 heterocycles. The predicted molar refractivity (Wildman–Crippen MR) is 232 cm³/mol. The summed E-state index contributed by atoms with van der Waals surface area (Å²) in [7, 11) is 3.80. The van der Waals surface area contributed by atoms with Crippen LogP contribution in [0.2, 0.25) is 0 Å². The number of azo groups is 2. The van der Waals surface area contributed by atoms with Crippen LogP contribution in [0.15, 0.2) is 69.5 Å². The van der Waals surface area contributed by atoms with Crippen LogP contribution < -0.4 is 20.4 Å². The van der Waals surface area contributed by atoms with Gasteiger partial charge in [-0.25, -0.2) is 9.13 Å². The number of imidazole rings is 2. The first-order valence-electron chi connectivity index (χ1n) is 18.8. The predicted octanol–water partition coefficient (Wildman–Crippen LogP) is 11.4. The number of carbonyl (C=O) groups is 2. The van der Waals surface area contributed by atoms with E-state index < -0.39 is 0 Å². The van der Waals surface area contributed by atoms with Gasteiger partial charge in [-0.15, -0.1) is 10.2 Å². The van der Waals surface area contributed by atoms with Gasteiger partial charge in [0, 0.05) is 52.4 Å². The minimum Gasteiger partial charge on any atom is -0.378 e. The molecule has 2 aromatic carbocycles. The summed E-state index contributed by atoms with van der Waals surface area (Å²) in [6, 6.07) is 11.0. The molecule has 4 aromatic rings. The number of rotatable bonds is 17. The summed E-state index contributed by atoms with van der Waals surface area (Å²) < 4.78 is 3.09. The van der Waals surface area contributed by atoms with E-state index in [0.717, 1.165) is 50.1 Å². The van der Waals surface area contributed by atoms with E-state index in [9.17, 15) is 9.59 Å². The Bertz CT molecular complexity index is 2350. The van der Waals surface area contributed by atoms with Gasteiger partial charge < -0.3 is 39.8 Å². The lowest BCUT2D eigenvalue weighted by Gasteiger charge is -2.24. The van der Waals surface area contributed by atoms with E-state index in [1.54, 1.807) is 28.8 Å². The van der Waals surface area contributed by atoms with Gasteiger partial charge in [-0.1, -0.05) is 86.3 Å². The fourth-order valence-corrected chi connectivity index (χ4v) is 5.57. The second-order valence-corrected chi connectivity index (χ2v) is 13.0. The number of carbonyl (C=O) groups excluding carboxylic acids is 2. The monoisotopic (exact) mass is 796 g/mol. The van der Waals surface area contributed by atoms with Gasteiger partial charge in [0.25, 0.3) is 23.3 Å². The van der Waals surface area contributed by atoms with E-state index in [1.807, 2.05) is 44.1 Å². The van der Waals surface area contributed by atoms with Crippen molar-refractivity contribution in [3.8, 4) is 0 Å². The average Bonchev–Trinajstić information content (AvgIpc) is 3.74. The summed E-state index contributed by atoms with van der Waals surface area (Å²) in [5.41, 5.74) is 3.85. The summed E-state index contributed by atoms with van der Waals surface area (Å²) in [4.78, 5) is 49.1. The number of unbranched alkanes of at least 4 members (excludes halogenated alkanes) is 1. The first-order valence-corrected chi connectivity index (χ1v) is 18.8. The van der Waals surface area contributed by atoms with E-state index >= 15 is 0 Å². The number of anilines is 4. The summed E-state index contributed by atoms with van der Waals surface area (Å²) in [6.45, 7) is 44.6. The fourth-order valence-electron chi connectivity index (χ4n) is 5.57. The SMILES string of the molecule is [C-]#[N+]c1nc(N=Nc2ccc(N(C)C)cc2NC(C)=O)n(CCCC)c1[N+]#[C-].[C-]#[N+]c1nc(N=Nc2ccc(N(CCC)CCC)cc2NC(C)=O)n(CC=C)c1[N+]#[C-]. The highest BCUT2D eigenvalue weighted by Gasteiger charge is 2.23. The van der Waals surface area contributed by atoms with Crippen LogP contribution in [0.1, 0.15) is 60.3 Å². The third kappa shape index (κ3) is 12.4. The molecule has 0 aliphatic carbocycles. The number of allylic oxidation sites excluding steroid dienone is 1. The molecular weight excluding hydrogens is 749 g/mol. The third-order valence-corrected chi connectivity index (χ3v) is 8.22. The van der Waals surface area contributed by atoms with Gasteiger partial charge in [0.15, 0.2) is 0 Å². The molecule has 0 saturated heterocycles. The Balaban J connectivity index is 0.000000317. The lowest BCUT2D eigenvalue weighted by atomic mass is 10.2. The molecule has 0 bridgehead atoms. The van der Waals surface area contributed by atoms with Crippen LogP contribution in [0.3, 0.4) is 0 Å². The molecule has 2 aromatic heterocycles. The molecule has 0 radical (unpaired) electrons. The van der Waals surface area contributed by atoms with Crippen molar-refractivity contribution in [1.82, 2.24) is 19.1 Å². The molecule has 4 rings (SSSR count). The van der Waals surface area contributed by atoms with E-state index in [4.69, 9.17) is 26.3 Å². The van der Waals surface area contributed by atoms with Crippen LogP contribution in [0.25, 0.3) is 19.4 Å². The summed E-state index contributed by atoms with van der Waals surface area (Å²) in [6.07, 6.45) is 5.37. The topological polar surface area (TPSA) is 167 Å². The molecule has 0 aliphatic rings. The highest BCUT2D eigenvalue weighted by atomic mass is 16.2. The van der Waals surface area contributed by atoms with Crippen LogP contribution >= 0.6 is 0 Å². The second-order valence-electron chi connectivity index (χ2n) is 13.0. The molecule has 18 nitrogen and oxygen atoms in total. The van der Waals surface area contributed by atoms with Crippen LogP contribution in [-0.4, -0.2) is 58.1 Å². The Labute approximate surface area is 345 Å². The maximum absolute atomic E-state index is 11.7. The van der Waals surface area contributed by atoms with Gasteiger partial charge in [0.05, 0.1) is 24.5 Å². The first-order chi connectivity index (χ1) is 28.4. The van der Waals surface area contributed by atoms with Crippen molar-refractivity contribution >= 4 is 81.1 Å². The minimum atomic E-state index is -0.220. The lowest BCUT2D eigenvalue weighted by molar-refractivity contribution is -0.115. The quantitative estimate of drug-likeness (QED) is 0.0612. The van der Waals surface area contributed by atoms with Crippen molar-refractivity contribution in [2.24, 2.45) is 20.5 Å². The number of aromatic nitrogens is 4. The van der Waals surface area contributed by atoms with Crippen molar-refractivity contribution < 1.29 is 9.59 Å². The maximum atomic E-state index is 11.7. The molecule has 304 valence electrons. The molecule has 0 fully saturated rings. The Morgan fingerprint density at radius 1 is 0.729 bits per heavy atom. The zero-order valence-corrected chi connectivity index (χ0v) is 34.5. The van der Waals surface area contributed by atoms with Crippen LogP contribution in [0.5, 0.6) is 0 Å². The number of amides is 2. The minimum absolute atomic E-state index is 0.0186. The molecule has 18 heteroatoms. The second kappa shape index (κ2) is 22.8. The third-order valence-electron chi connectivity index (χ3n) is 8.22.